The molecule has 8 heteroatoms. The maximum absolute atomic E-state index is 11.7. The fourth-order valence-electron chi connectivity index (χ4n) is 1.37. The summed E-state index contributed by atoms with van der Waals surface area (Å²) in [5, 5.41) is 11.5. The highest BCUT2D eigenvalue weighted by Crippen LogP contribution is 2.20. The lowest BCUT2D eigenvalue weighted by atomic mass is 10.3. The fourth-order valence-corrected chi connectivity index (χ4v) is 3.13. The molecule has 1 fully saturated rings. The molecule has 1 rings (SSSR count). The number of amides is 2. The zero-order chi connectivity index (χ0) is 12.8. The van der Waals surface area contributed by atoms with Gasteiger partial charge in [-0.25, -0.2) is 9.59 Å². The molecule has 0 saturated carbocycles. The van der Waals surface area contributed by atoms with Gasteiger partial charge in [-0.1, -0.05) is 6.92 Å². The van der Waals surface area contributed by atoms with Gasteiger partial charge in [-0.3, -0.25) is 4.21 Å². The molecule has 0 aromatic rings. The van der Waals surface area contributed by atoms with Crippen molar-refractivity contribution < 1.29 is 18.9 Å². The van der Waals surface area contributed by atoms with E-state index in [1.54, 1.807) is 0 Å². The van der Waals surface area contributed by atoms with E-state index in [0.29, 0.717) is 29.7 Å². The summed E-state index contributed by atoms with van der Waals surface area (Å²) in [4.78, 5) is 23.8. The van der Waals surface area contributed by atoms with Crippen molar-refractivity contribution in [2.75, 3.05) is 29.7 Å². The SMILES string of the molecule is CCS(=O)CCNC(=O)N1CSCC1C(=O)O. The summed E-state index contributed by atoms with van der Waals surface area (Å²) in [6.45, 7) is 2.13. The van der Waals surface area contributed by atoms with Gasteiger partial charge >= 0.3 is 12.0 Å². The topological polar surface area (TPSA) is 86.7 Å². The van der Waals surface area contributed by atoms with Gasteiger partial charge in [0.05, 0.1) is 5.88 Å². The standard InChI is InChI=1S/C9H16N2O4S2/c1-2-17(15)4-3-10-9(14)11-6-16-5-7(11)8(12)13/h7H,2-6H2,1H3,(H,10,14)(H,12,13). The van der Waals surface area contributed by atoms with Crippen molar-refractivity contribution in [2.24, 2.45) is 0 Å². The number of nitrogens with one attached hydrogen (secondary N) is 1. The van der Waals surface area contributed by atoms with Crippen molar-refractivity contribution in [3.05, 3.63) is 0 Å². The van der Waals surface area contributed by atoms with Crippen molar-refractivity contribution in [3.8, 4) is 0 Å². The van der Waals surface area contributed by atoms with E-state index in [9.17, 15) is 13.8 Å². The molecular weight excluding hydrogens is 264 g/mol. The van der Waals surface area contributed by atoms with E-state index in [4.69, 9.17) is 5.11 Å². The van der Waals surface area contributed by atoms with Crippen LogP contribution in [0.25, 0.3) is 0 Å². The Morgan fingerprint density at radius 3 is 2.88 bits per heavy atom. The van der Waals surface area contributed by atoms with E-state index in [-0.39, 0.29) is 0 Å². The quantitative estimate of drug-likeness (QED) is 0.736. The number of carbonyl (C=O) groups is 2. The Bertz CT molecular complexity index is 324. The molecule has 1 heterocycles. The van der Waals surface area contributed by atoms with Crippen LogP contribution in [0.3, 0.4) is 0 Å². The second-order valence-corrected chi connectivity index (χ2v) is 6.35. The van der Waals surface area contributed by atoms with E-state index in [1.807, 2.05) is 6.92 Å². The van der Waals surface area contributed by atoms with E-state index in [0.717, 1.165) is 0 Å². The largest absolute Gasteiger partial charge is 0.480 e. The number of thioether (sulfide) groups is 1. The number of carbonyl (C=O) groups excluding carboxylic acids is 1. The molecule has 98 valence electrons. The molecule has 0 bridgehead atoms. The lowest BCUT2D eigenvalue weighted by molar-refractivity contribution is -0.140. The third-order valence-electron chi connectivity index (χ3n) is 2.36. The number of urea groups is 1. The first-order valence-electron chi connectivity index (χ1n) is 5.26. The van der Waals surface area contributed by atoms with Crippen LogP contribution in [-0.4, -0.2) is 61.9 Å². The van der Waals surface area contributed by atoms with E-state index < -0.39 is 28.8 Å². The predicted octanol–water partition coefficient (Wildman–Crippen LogP) is -0.0759. The number of nitrogens with zero attached hydrogens (tertiary/aromatic N) is 1. The highest BCUT2D eigenvalue weighted by molar-refractivity contribution is 7.99. The molecule has 0 aromatic heterocycles. The lowest BCUT2D eigenvalue weighted by Crippen LogP contribution is -2.47. The van der Waals surface area contributed by atoms with Crippen LogP contribution in [-0.2, 0) is 15.6 Å². The van der Waals surface area contributed by atoms with Gasteiger partial charge in [0.25, 0.3) is 0 Å². The average Bonchev–Trinajstić information content (AvgIpc) is 2.77. The van der Waals surface area contributed by atoms with Gasteiger partial charge in [-0.2, -0.15) is 0 Å². The van der Waals surface area contributed by atoms with Crippen LogP contribution in [0.15, 0.2) is 0 Å². The lowest BCUT2D eigenvalue weighted by Gasteiger charge is -2.20. The summed E-state index contributed by atoms with van der Waals surface area (Å²) >= 11 is 1.42. The van der Waals surface area contributed by atoms with Gasteiger partial charge in [0, 0.05) is 34.6 Å². The minimum absolute atomic E-state index is 0.312. The van der Waals surface area contributed by atoms with Crippen LogP contribution in [0.1, 0.15) is 6.92 Å². The number of aliphatic carboxylic acids is 1. The molecular formula is C9H16N2O4S2. The van der Waals surface area contributed by atoms with Crippen molar-refractivity contribution >= 4 is 34.6 Å². The van der Waals surface area contributed by atoms with Gasteiger partial charge in [0.15, 0.2) is 0 Å². The molecule has 17 heavy (non-hydrogen) atoms. The van der Waals surface area contributed by atoms with Crippen LogP contribution >= 0.6 is 11.8 Å². The van der Waals surface area contributed by atoms with Gasteiger partial charge < -0.3 is 15.3 Å². The Hall–Kier alpha value is -0.760. The Kier molecular flexibility index (Phi) is 5.76. The summed E-state index contributed by atoms with van der Waals surface area (Å²) in [5.74, 6) is 0.791. The molecule has 0 aliphatic carbocycles. The monoisotopic (exact) mass is 280 g/mol. The Morgan fingerprint density at radius 2 is 2.29 bits per heavy atom. The second kappa shape index (κ2) is 6.85. The first kappa shape index (κ1) is 14.3. The highest BCUT2D eigenvalue weighted by Gasteiger charge is 2.34. The Morgan fingerprint density at radius 1 is 1.59 bits per heavy atom. The van der Waals surface area contributed by atoms with Crippen LogP contribution in [0, 0.1) is 0 Å². The third-order valence-corrected chi connectivity index (χ3v) is 4.67. The van der Waals surface area contributed by atoms with E-state index >= 15 is 0 Å². The zero-order valence-corrected chi connectivity index (χ0v) is 11.2. The molecule has 1 saturated heterocycles. The van der Waals surface area contributed by atoms with Gasteiger partial charge in [0.2, 0.25) is 0 Å². The smallest absolute Gasteiger partial charge is 0.327 e. The van der Waals surface area contributed by atoms with Gasteiger partial charge in [0.1, 0.15) is 6.04 Å². The number of carboxylic acids is 1. The molecule has 1 aliphatic heterocycles. The van der Waals surface area contributed by atoms with Crippen molar-refractivity contribution in [3.63, 3.8) is 0 Å². The van der Waals surface area contributed by atoms with Crippen molar-refractivity contribution in [2.45, 2.75) is 13.0 Å². The molecule has 2 amide bonds. The minimum atomic E-state index is -0.984. The molecule has 0 spiro atoms. The second-order valence-electron chi connectivity index (χ2n) is 3.49. The normalized spacial score (nSPS) is 21.2. The molecule has 2 atom stereocenters. The summed E-state index contributed by atoms with van der Waals surface area (Å²) in [6.07, 6.45) is 0. The molecule has 2 N–H and O–H groups in total. The molecule has 0 radical (unpaired) electrons. The molecule has 2 unspecified atom stereocenters. The summed E-state index contributed by atoms with van der Waals surface area (Å²) in [6, 6.07) is -1.15. The van der Waals surface area contributed by atoms with Crippen molar-refractivity contribution in [1.29, 1.82) is 0 Å². The van der Waals surface area contributed by atoms with Gasteiger partial charge in [-0.15, -0.1) is 11.8 Å². The molecule has 0 aromatic carbocycles. The maximum atomic E-state index is 11.7. The average molecular weight is 280 g/mol. The Balaban J connectivity index is 2.37. The Labute approximate surface area is 107 Å². The maximum Gasteiger partial charge on any atom is 0.327 e. The predicted molar refractivity (Wildman–Crippen MR) is 67.5 cm³/mol. The first-order valence-corrected chi connectivity index (χ1v) is 7.90. The van der Waals surface area contributed by atoms with Crippen molar-refractivity contribution in [1.82, 2.24) is 10.2 Å². The summed E-state index contributed by atoms with van der Waals surface area (Å²) in [7, 11) is -0.917. The zero-order valence-electron chi connectivity index (χ0n) is 9.55. The molecule has 1 aliphatic rings. The third kappa shape index (κ3) is 4.19. The van der Waals surface area contributed by atoms with Crippen LogP contribution in [0.2, 0.25) is 0 Å². The van der Waals surface area contributed by atoms with Crippen LogP contribution < -0.4 is 5.32 Å². The molecule has 6 nitrogen and oxygen atoms in total. The number of carboxylic acid groups (broad SMARTS) is 1. The number of hydrogen-bond acceptors (Lipinski definition) is 4. The first-order chi connectivity index (χ1) is 8.06. The van der Waals surface area contributed by atoms with E-state index in [2.05, 4.69) is 5.32 Å². The van der Waals surface area contributed by atoms with E-state index in [1.165, 1.54) is 16.7 Å². The number of hydrogen-bond donors (Lipinski definition) is 2. The fraction of sp³-hybridized carbons (Fsp3) is 0.778. The minimum Gasteiger partial charge on any atom is -0.480 e. The van der Waals surface area contributed by atoms with Crippen LogP contribution in [0.4, 0.5) is 4.79 Å². The highest BCUT2D eigenvalue weighted by atomic mass is 32.2. The van der Waals surface area contributed by atoms with Crippen LogP contribution in [0.5, 0.6) is 0 Å². The van der Waals surface area contributed by atoms with Gasteiger partial charge in [-0.05, 0) is 0 Å². The number of rotatable bonds is 5. The summed E-state index contributed by atoms with van der Waals surface area (Å²) < 4.78 is 11.1. The summed E-state index contributed by atoms with van der Waals surface area (Å²) in [5.41, 5.74) is 0.